The van der Waals surface area contributed by atoms with E-state index in [2.05, 4.69) is 10.5 Å². The number of nitrogens with zero attached hydrogens (tertiary/aromatic N) is 1. The zero-order chi connectivity index (χ0) is 14.8. The number of benzene rings is 2. The summed E-state index contributed by atoms with van der Waals surface area (Å²) in [5, 5.41) is 14.5. The van der Waals surface area contributed by atoms with Crippen molar-refractivity contribution in [2.45, 2.75) is 6.10 Å². The summed E-state index contributed by atoms with van der Waals surface area (Å²) >= 11 is 0. The van der Waals surface area contributed by atoms with Gasteiger partial charge in [-0.2, -0.15) is 0 Å². The number of carbonyl (C=O) groups is 1. The van der Waals surface area contributed by atoms with Crippen molar-refractivity contribution in [3.05, 3.63) is 59.7 Å². The molecule has 0 saturated heterocycles. The molecule has 3 rings (SSSR count). The van der Waals surface area contributed by atoms with Crippen molar-refractivity contribution in [3.63, 3.8) is 0 Å². The lowest BCUT2D eigenvalue weighted by molar-refractivity contribution is -0.123. The summed E-state index contributed by atoms with van der Waals surface area (Å²) in [6.45, 7) is 0. The average Bonchev–Trinajstić information content (AvgIpc) is 2.53. The molecule has 1 aliphatic heterocycles. The number of rotatable bonds is 2. The molecule has 0 fully saturated rings. The molecule has 0 aromatic heterocycles. The topological polar surface area (TPSA) is 96.9 Å². The Morgan fingerprint density at radius 2 is 2.05 bits per heavy atom. The number of amides is 1. The van der Waals surface area contributed by atoms with Crippen molar-refractivity contribution in [3.8, 4) is 5.75 Å². The summed E-state index contributed by atoms with van der Waals surface area (Å²) in [6, 6.07) is 14.0. The lowest BCUT2D eigenvalue weighted by Gasteiger charge is -2.26. The van der Waals surface area contributed by atoms with Crippen LogP contribution in [0.25, 0.3) is 0 Å². The second-order valence-electron chi connectivity index (χ2n) is 4.59. The van der Waals surface area contributed by atoms with E-state index < -0.39 is 6.10 Å². The van der Waals surface area contributed by atoms with E-state index in [1.54, 1.807) is 36.4 Å². The molecule has 0 bridgehead atoms. The minimum Gasteiger partial charge on any atom is -0.474 e. The second-order valence-corrected chi connectivity index (χ2v) is 4.59. The Bertz CT molecular complexity index is 728. The predicted molar refractivity (Wildman–Crippen MR) is 77.4 cm³/mol. The first kappa shape index (κ1) is 13.0. The van der Waals surface area contributed by atoms with E-state index in [9.17, 15) is 4.79 Å². The first-order chi connectivity index (χ1) is 10.2. The highest BCUT2D eigenvalue weighted by Gasteiger charge is 2.29. The maximum absolute atomic E-state index is 12.2. The Morgan fingerprint density at radius 3 is 2.86 bits per heavy atom. The van der Waals surface area contributed by atoms with Crippen molar-refractivity contribution in [1.29, 1.82) is 0 Å². The third kappa shape index (κ3) is 2.38. The van der Waals surface area contributed by atoms with E-state index in [4.69, 9.17) is 15.7 Å². The third-order valence-corrected chi connectivity index (χ3v) is 3.22. The van der Waals surface area contributed by atoms with Gasteiger partial charge in [0.1, 0.15) is 5.75 Å². The van der Waals surface area contributed by atoms with Gasteiger partial charge in [-0.1, -0.05) is 35.5 Å². The minimum absolute atomic E-state index is 0.0199. The predicted octanol–water partition coefficient (Wildman–Crippen LogP) is 1.85. The molecule has 21 heavy (non-hydrogen) atoms. The van der Waals surface area contributed by atoms with Gasteiger partial charge in [0.2, 0.25) is 6.10 Å². The summed E-state index contributed by atoms with van der Waals surface area (Å²) < 4.78 is 5.74. The van der Waals surface area contributed by atoms with Crippen LogP contribution in [0, 0.1) is 0 Å². The van der Waals surface area contributed by atoms with Gasteiger partial charge in [-0.25, -0.2) is 0 Å². The second kappa shape index (κ2) is 5.16. The molecule has 0 aliphatic carbocycles. The number of fused-ring (bicyclic) bond motifs is 1. The van der Waals surface area contributed by atoms with Crippen molar-refractivity contribution in [2.75, 3.05) is 5.32 Å². The number of hydrogen-bond donors (Lipinski definition) is 3. The summed E-state index contributed by atoms with van der Waals surface area (Å²) in [5.74, 6) is 0.329. The molecule has 0 spiro atoms. The van der Waals surface area contributed by atoms with E-state index in [0.717, 1.165) is 0 Å². The molecule has 2 aromatic rings. The van der Waals surface area contributed by atoms with Crippen LogP contribution >= 0.6 is 0 Å². The molecule has 6 heteroatoms. The van der Waals surface area contributed by atoms with Crippen LogP contribution in [0.3, 0.4) is 0 Å². The monoisotopic (exact) mass is 283 g/mol. The zero-order valence-electron chi connectivity index (χ0n) is 11.0. The average molecular weight is 283 g/mol. The maximum Gasteiger partial charge on any atom is 0.270 e. The van der Waals surface area contributed by atoms with Crippen LogP contribution in [-0.2, 0) is 4.79 Å². The van der Waals surface area contributed by atoms with Gasteiger partial charge in [0.15, 0.2) is 5.84 Å². The SMILES string of the molecule is N/C(=N/O)c1cccc(C2Oc3ccccc3NC2=O)c1. The first-order valence-corrected chi connectivity index (χ1v) is 6.33. The van der Waals surface area contributed by atoms with E-state index in [1.807, 2.05) is 12.1 Å². The van der Waals surface area contributed by atoms with Gasteiger partial charge >= 0.3 is 0 Å². The fourth-order valence-electron chi connectivity index (χ4n) is 2.19. The van der Waals surface area contributed by atoms with Crippen LogP contribution in [0.1, 0.15) is 17.2 Å². The molecule has 6 nitrogen and oxygen atoms in total. The number of hydrogen-bond acceptors (Lipinski definition) is 4. The molecule has 0 radical (unpaired) electrons. The lowest BCUT2D eigenvalue weighted by Crippen LogP contribution is -2.30. The van der Waals surface area contributed by atoms with Gasteiger partial charge in [-0.05, 0) is 18.2 Å². The molecule has 106 valence electrons. The van der Waals surface area contributed by atoms with Gasteiger partial charge in [-0.3, -0.25) is 4.79 Å². The largest absolute Gasteiger partial charge is 0.474 e. The smallest absolute Gasteiger partial charge is 0.270 e. The minimum atomic E-state index is -0.772. The number of para-hydroxylation sites is 2. The Morgan fingerprint density at radius 1 is 1.24 bits per heavy atom. The van der Waals surface area contributed by atoms with Gasteiger partial charge in [-0.15, -0.1) is 0 Å². The number of ether oxygens (including phenoxy) is 1. The third-order valence-electron chi connectivity index (χ3n) is 3.22. The number of nitrogens with two attached hydrogens (primary N) is 1. The maximum atomic E-state index is 12.2. The zero-order valence-corrected chi connectivity index (χ0v) is 11.0. The normalized spacial score (nSPS) is 17.6. The molecule has 1 aliphatic rings. The van der Waals surface area contributed by atoms with Gasteiger partial charge < -0.3 is 21.0 Å². The molecule has 1 atom stereocenters. The van der Waals surface area contributed by atoms with Gasteiger partial charge in [0.05, 0.1) is 5.69 Å². The molecular weight excluding hydrogens is 270 g/mol. The van der Waals surface area contributed by atoms with E-state index in [-0.39, 0.29) is 11.7 Å². The van der Waals surface area contributed by atoms with Crippen molar-refractivity contribution >= 4 is 17.4 Å². The Labute approximate surface area is 120 Å². The number of oxime groups is 1. The number of anilines is 1. The summed E-state index contributed by atoms with van der Waals surface area (Å²) in [7, 11) is 0. The Hall–Kier alpha value is -3.02. The number of nitrogens with one attached hydrogen (secondary N) is 1. The standard InChI is InChI=1S/C15H13N3O3/c16-14(18-20)10-5-3-4-9(8-10)13-15(19)17-11-6-1-2-7-12(11)21-13/h1-8,13,20H,(H2,16,18)(H,17,19). The van der Waals surface area contributed by atoms with Crippen LogP contribution in [0.5, 0.6) is 5.75 Å². The summed E-state index contributed by atoms with van der Waals surface area (Å²) in [4.78, 5) is 12.2. The van der Waals surface area contributed by atoms with E-state index in [0.29, 0.717) is 22.6 Å². The highest BCUT2D eigenvalue weighted by Crippen LogP contribution is 2.34. The molecule has 4 N–H and O–H groups in total. The Kier molecular flexibility index (Phi) is 3.19. The van der Waals surface area contributed by atoms with Crippen molar-refractivity contribution in [2.24, 2.45) is 10.9 Å². The summed E-state index contributed by atoms with van der Waals surface area (Å²) in [6.07, 6.45) is -0.772. The molecule has 1 heterocycles. The molecule has 2 aromatic carbocycles. The molecule has 1 unspecified atom stereocenters. The highest BCUT2D eigenvalue weighted by molar-refractivity contribution is 6.00. The fourth-order valence-corrected chi connectivity index (χ4v) is 2.19. The van der Waals surface area contributed by atoms with Crippen molar-refractivity contribution < 1.29 is 14.7 Å². The van der Waals surface area contributed by atoms with Crippen molar-refractivity contribution in [1.82, 2.24) is 0 Å². The van der Waals surface area contributed by atoms with Crippen LogP contribution in [0.15, 0.2) is 53.7 Å². The lowest BCUT2D eigenvalue weighted by atomic mass is 10.0. The first-order valence-electron chi connectivity index (χ1n) is 6.33. The van der Waals surface area contributed by atoms with E-state index >= 15 is 0 Å². The van der Waals surface area contributed by atoms with Gasteiger partial charge in [0, 0.05) is 11.1 Å². The highest BCUT2D eigenvalue weighted by atomic mass is 16.5. The van der Waals surface area contributed by atoms with Crippen LogP contribution < -0.4 is 15.8 Å². The Balaban J connectivity index is 1.96. The molecular formula is C15H13N3O3. The molecule has 1 amide bonds. The van der Waals surface area contributed by atoms with Crippen LogP contribution in [-0.4, -0.2) is 17.0 Å². The summed E-state index contributed by atoms with van der Waals surface area (Å²) in [5.41, 5.74) is 7.36. The van der Waals surface area contributed by atoms with E-state index in [1.165, 1.54) is 0 Å². The number of amidine groups is 1. The fraction of sp³-hybridized carbons (Fsp3) is 0.0667. The number of carbonyl (C=O) groups excluding carboxylic acids is 1. The van der Waals surface area contributed by atoms with Crippen LogP contribution in [0.4, 0.5) is 5.69 Å². The quantitative estimate of drug-likeness (QED) is 0.339. The van der Waals surface area contributed by atoms with Crippen LogP contribution in [0.2, 0.25) is 0 Å². The van der Waals surface area contributed by atoms with Gasteiger partial charge in [0.25, 0.3) is 5.91 Å². The molecule has 0 saturated carbocycles.